The van der Waals surface area contributed by atoms with Crippen LogP contribution in [0.1, 0.15) is 22.0 Å². The lowest BCUT2D eigenvalue weighted by Crippen LogP contribution is -2.37. The summed E-state index contributed by atoms with van der Waals surface area (Å²) >= 11 is 6.36. The molecule has 0 spiro atoms. The molecular weight excluding hydrogens is 366 g/mol. The predicted octanol–water partition coefficient (Wildman–Crippen LogP) is 3.10. The summed E-state index contributed by atoms with van der Waals surface area (Å²) in [4.78, 5) is 24.6. The quantitative estimate of drug-likeness (QED) is 0.685. The minimum Gasteiger partial charge on any atom is -0.496 e. The van der Waals surface area contributed by atoms with Gasteiger partial charge in [0.05, 0.1) is 23.4 Å². The first-order valence-corrected chi connectivity index (χ1v) is 8.55. The summed E-state index contributed by atoms with van der Waals surface area (Å²) in [6.45, 7) is 0. The van der Waals surface area contributed by atoms with Crippen LogP contribution in [0.25, 0.3) is 5.69 Å². The molecule has 1 atom stereocenters. The minimum absolute atomic E-state index is 0.209. The molecule has 6 nitrogen and oxygen atoms in total. The zero-order valence-corrected chi connectivity index (χ0v) is 15.3. The number of ether oxygens (including phenoxy) is 1. The zero-order chi connectivity index (χ0) is 19.4. The third-order valence-electron chi connectivity index (χ3n) is 4.09. The number of nitrogens with two attached hydrogens (primary N) is 1. The number of amides is 2. The van der Waals surface area contributed by atoms with E-state index in [0.29, 0.717) is 22.0 Å². The minimum atomic E-state index is -0.966. The Morgan fingerprint density at radius 2 is 1.78 bits per heavy atom. The van der Waals surface area contributed by atoms with Crippen molar-refractivity contribution < 1.29 is 14.3 Å². The Bertz CT molecular complexity index is 956. The predicted molar refractivity (Wildman–Crippen MR) is 103 cm³/mol. The summed E-state index contributed by atoms with van der Waals surface area (Å²) in [5.74, 6) is -0.846. The molecule has 0 fully saturated rings. The number of nitrogens with zero attached hydrogens (tertiary/aromatic N) is 1. The summed E-state index contributed by atoms with van der Waals surface area (Å²) in [6.07, 6.45) is 3.66. The molecule has 3 N–H and O–H groups in total. The van der Waals surface area contributed by atoms with Gasteiger partial charge in [0.15, 0.2) is 0 Å². The van der Waals surface area contributed by atoms with E-state index in [9.17, 15) is 9.59 Å². The van der Waals surface area contributed by atoms with E-state index in [1.165, 1.54) is 13.2 Å². The normalized spacial score (nSPS) is 11.6. The number of nitrogens with one attached hydrogen (secondary N) is 1. The number of hydrogen-bond acceptors (Lipinski definition) is 3. The molecule has 0 saturated heterocycles. The molecule has 138 valence electrons. The van der Waals surface area contributed by atoms with Crippen LogP contribution in [0.4, 0.5) is 0 Å². The van der Waals surface area contributed by atoms with Crippen LogP contribution in [-0.2, 0) is 4.79 Å². The third-order valence-corrected chi connectivity index (χ3v) is 4.39. The number of primary amides is 1. The van der Waals surface area contributed by atoms with E-state index in [2.05, 4.69) is 5.32 Å². The molecule has 0 saturated carbocycles. The summed E-state index contributed by atoms with van der Waals surface area (Å²) < 4.78 is 7.17. The fraction of sp³-hybridized carbons (Fsp3) is 0.100. The van der Waals surface area contributed by atoms with Gasteiger partial charge in [-0.05, 0) is 23.8 Å². The van der Waals surface area contributed by atoms with Crippen molar-refractivity contribution in [2.45, 2.75) is 6.04 Å². The Morgan fingerprint density at radius 1 is 1.11 bits per heavy atom. The molecule has 3 rings (SSSR count). The van der Waals surface area contributed by atoms with E-state index in [1.807, 2.05) is 35.2 Å². The van der Waals surface area contributed by atoms with Crippen molar-refractivity contribution in [1.29, 1.82) is 0 Å². The molecule has 2 aromatic carbocycles. The molecule has 0 aliphatic carbocycles. The van der Waals surface area contributed by atoms with Gasteiger partial charge in [0.2, 0.25) is 5.91 Å². The Kier molecular flexibility index (Phi) is 5.47. The Hall–Kier alpha value is -3.25. The first kappa shape index (κ1) is 18.5. The lowest BCUT2D eigenvalue weighted by Gasteiger charge is -2.18. The van der Waals surface area contributed by atoms with Gasteiger partial charge < -0.3 is 20.4 Å². The van der Waals surface area contributed by atoms with Gasteiger partial charge in [-0.3, -0.25) is 9.59 Å². The molecule has 3 aromatic rings. The number of rotatable bonds is 6. The number of aromatic nitrogens is 1. The highest BCUT2D eigenvalue weighted by Gasteiger charge is 2.23. The number of benzene rings is 2. The molecule has 1 aromatic heterocycles. The van der Waals surface area contributed by atoms with Crippen molar-refractivity contribution >= 4 is 23.4 Å². The number of carbonyl (C=O) groups is 2. The van der Waals surface area contributed by atoms with Gasteiger partial charge in [-0.2, -0.15) is 0 Å². The summed E-state index contributed by atoms with van der Waals surface area (Å²) in [5.41, 5.74) is 6.94. The van der Waals surface area contributed by atoms with Crippen molar-refractivity contribution in [3.05, 3.63) is 83.1 Å². The highest BCUT2D eigenvalue weighted by atomic mass is 35.5. The zero-order valence-electron chi connectivity index (χ0n) is 14.6. The van der Waals surface area contributed by atoms with Crippen LogP contribution in [0.3, 0.4) is 0 Å². The number of carbonyl (C=O) groups excluding carboxylic acids is 2. The summed E-state index contributed by atoms with van der Waals surface area (Å²) in [7, 11) is 1.46. The van der Waals surface area contributed by atoms with Gasteiger partial charge in [-0.15, -0.1) is 0 Å². The highest BCUT2D eigenvalue weighted by Crippen LogP contribution is 2.30. The van der Waals surface area contributed by atoms with Crippen LogP contribution in [-0.4, -0.2) is 23.5 Å². The van der Waals surface area contributed by atoms with Gasteiger partial charge in [0.25, 0.3) is 5.91 Å². The topological polar surface area (TPSA) is 86.3 Å². The van der Waals surface area contributed by atoms with Crippen LogP contribution < -0.4 is 15.8 Å². The number of halogens is 1. The Balaban J connectivity index is 1.94. The molecule has 0 aliphatic rings. The third kappa shape index (κ3) is 3.96. The second kappa shape index (κ2) is 7.97. The van der Waals surface area contributed by atoms with Gasteiger partial charge in [-0.1, -0.05) is 41.9 Å². The summed E-state index contributed by atoms with van der Waals surface area (Å²) in [6, 6.07) is 14.7. The fourth-order valence-corrected chi connectivity index (χ4v) is 3.02. The lowest BCUT2D eigenvalue weighted by atomic mass is 10.1. The van der Waals surface area contributed by atoms with Crippen molar-refractivity contribution in [3.63, 3.8) is 0 Å². The van der Waals surface area contributed by atoms with E-state index in [0.717, 1.165) is 0 Å². The molecular formula is C20H18ClN3O3. The number of methoxy groups -OCH3 is 1. The summed E-state index contributed by atoms with van der Waals surface area (Å²) in [5, 5.41) is 3.01. The maximum Gasteiger partial charge on any atom is 0.256 e. The van der Waals surface area contributed by atoms with Gasteiger partial charge in [-0.25, -0.2) is 0 Å². The second-order valence-corrected chi connectivity index (χ2v) is 6.22. The van der Waals surface area contributed by atoms with E-state index in [1.54, 1.807) is 30.3 Å². The van der Waals surface area contributed by atoms with Crippen LogP contribution in [0.5, 0.6) is 5.75 Å². The van der Waals surface area contributed by atoms with E-state index < -0.39 is 17.9 Å². The Labute approximate surface area is 161 Å². The molecule has 27 heavy (non-hydrogen) atoms. The molecule has 0 unspecified atom stereocenters. The van der Waals surface area contributed by atoms with E-state index >= 15 is 0 Å². The van der Waals surface area contributed by atoms with Crippen molar-refractivity contribution in [2.75, 3.05) is 7.11 Å². The molecule has 0 aliphatic heterocycles. The smallest absolute Gasteiger partial charge is 0.256 e. The lowest BCUT2D eigenvalue weighted by molar-refractivity contribution is -0.120. The van der Waals surface area contributed by atoms with Gasteiger partial charge in [0.1, 0.15) is 11.8 Å². The molecule has 0 bridgehead atoms. The van der Waals surface area contributed by atoms with Crippen LogP contribution >= 0.6 is 11.6 Å². The van der Waals surface area contributed by atoms with E-state index in [-0.39, 0.29) is 5.56 Å². The van der Waals surface area contributed by atoms with Crippen LogP contribution in [0, 0.1) is 0 Å². The first-order chi connectivity index (χ1) is 13.0. The standard InChI is InChI=1S/C20H18ClN3O3/c1-27-17-12-16(24-9-5-6-10-24)15(21)11-14(17)20(26)23-18(19(22)25)13-7-3-2-4-8-13/h2-12,18H,1H3,(H2,22,25)(H,23,26)/t18-/m1/s1. The molecule has 0 radical (unpaired) electrons. The highest BCUT2D eigenvalue weighted by molar-refractivity contribution is 6.33. The average molecular weight is 384 g/mol. The fourth-order valence-electron chi connectivity index (χ4n) is 2.76. The SMILES string of the molecule is COc1cc(-n2cccc2)c(Cl)cc1C(=O)N[C@@H](C(N)=O)c1ccccc1. The Morgan fingerprint density at radius 3 is 2.37 bits per heavy atom. The number of hydrogen-bond donors (Lipinski definition) is 2. The van der Waals surface area contributed by atoms with Crippen LogP contribution in [0.2, 0.25) is 5.02 Å². The largest absolute Gasteiger partial charge is 0.496 e. The van der Waals surface area contributed by atoms with Gasteiger partial charge >= 0.3 is 0 Å². The monoisotopic (exact) mass is 383 g/mol. The maximum absolute atomic E-state index is 12.8. The van der Waals surface area contributed by atoms with Crippen molar-refractivity contribution in [3.8, 4) is 11.4 Å². The van der Waals surface area contributed by atoms with Crippen molar-refractivity contribution in [2.24, 2.45) is 5.73 Å². The second-order valence-electron chi connectivity index (χ2n) is 5.81. The maximum atomic E-state index is 12.8. The van der Waals surface area contributed by atoms with Crippen molar-refractivity contribution in [1.82, 2.24) is 9.88 Å². The molecule has 7 heteroatoms. The first-order valence-electron chi connectivity index (χ1n) is 8.17. The molecule has 1 heterocycles. The van der Waals surface area contributed by atoms with Crippen LogP contribution in [0.15, 0.2) is 67.0 Å². The van der Waals surface area contributed by atoms with E-state index in [4.69, 9.17) is 22.1 Å². The molecule has 2 amide bonds. The average Bonchev–Trinajstić information content (AvgIpc) is 3.20. The van der Waals surface area contributed by atoms with Gasteiger partial charge in [0, 0.05) is 18.5 Å².